The van der Waals surface area contributed by atoms with Crippen molar-refractivity contribution in [1.29, 1.82) is 0 Å². The molecule has 0 saturated heterocycles. The van der Waals surface area contributed by atoms with E-state index in [-0.39, 0.29) is 5.78 Å². The standard InChI is InChI=1S/C10H8N2O/c1-7(13)9-5-10-8(6-12-9)3-2-4-11-10/h2-6H,1H3. The third-order valence-corrected chi connectivity index (χ3v) is 1.85. The van der Waals surface area contributed by atoms with E-state index in [0.29, 0.717) is 5.69 Å². The highest BCUT2D eigenvalue weighted by atomic mass is 16.1. The van der Waals surface area contributed by atoms with Crippen molar-refractivity contribution in [3.8, 4) is 0 Å². The van der Waals surface area contributed by atoms with Crippen LogP contribution in [0.3, 0.4) is 0 Å². The number of aromatic nitrogens is 2. The summed E-state index contributed by atoms with van der Waals surface area (Å²) in [5.41, 5.74) is 1.27. The first kappa shape index (κ1) is 7.86. The summed E-state index contributed by atoms with van der Waals surface area (Å²) in [4.78, 5) is 19.1. The summed E-state index contributed by atoms with van der Waals surface area (Å²) >= 11 is 0. The number of hydrogen-bond acceptors (Lipinski definition) is 3. The molecule has 64 valence electrons. The molecular formula is C10H8N2O. The lowest BCUT2D eigenvalue weighted by atomic mass is 10.2. The Morgan fingerprint density at radius 2 is 2.23 bits per heavy atom. The molecule has 2 heterocycles. The van der Waals surface area contributed by atoms with Gasteiger partial charge in [-0.05, 0) is 18.2 Å². The second-order valence-corrected chi connectivity index (χ2v) is 2.82. The van der Waals surface area contributed by atoms with Crippen molar-refractivity contribution in [3.05, 3.63) is 36.3 Å². The minimum absolute atomic E-state index is 0.0347. The molecule has 0 spiro atoms. The number of carbonyl (C=O) groups is 1. The third-order valence-electron chi connectivity index (χ3n) is 1.85. The molecule has 2 aromatic heterocycles. The van der Waals surface area contributed by atoms with Crippen LogP contribution in [0.1, 0.15) is 17.4 Å². The average molecular weight is 172 g/mol. The summed E-state index contributed by atoms with van der Waals surface area (Å²) in [6.07, 6.45) is 3.37. The van der Waals surface area contributed by atoms with Crippen molar-refractivity contribution >= 4 is 16.7 Å². The van der Waals surface area contributed by atoms with Crippen molar-refractivity contribution in [2.24, 2.45) is 0 Å². The van der Waals surface area contributed by atoms with E-state index < -0.39 is 0 Å². The van der Waals surface area contributed by atoms with Crippen LogP contribution in [0.25, 0.3) is 10.9 Å². The lowest BCUT2D eigenvalue weighted by Gasteiger charge is -1.97. The molecule has 0 bridgehead atoms. The summed E-state index contributed by atoms with van der Waals surface area (Å²) < 4.78 is 0. The van der Waals surface area contributed by atoms with E-state index in [0.717, 1.165) is 10.9 Å². The van der Waals surface area contributed by atoms with Gasteiger partial charge in [-0.3, -0.25) is 14.8 Å². The third kappa shape index (κ3) is 1.40. The van der Waals surface area contributed by atoms with Crippen molar-refractivity contribution in [2.75, 3.05) is 0 Å². The molecule has 0 aliphatic carbocycles. The molecule has 3 nitrogen and oxygen atoms in total. The summed E-state index contributed by atoms with van der Waals surface area (Å²) in [6.45, 7) is 1.50. The van der Waals surface area contributed by atoms with Crippen LogP contribution in [0.4, 0.5) is 0 Å². The Kier molecular flexibility index (Phi) is 1.77. The predicted octanol–water partition coefficient (Wildman–Crippen LogP) is 1.83. The number of rotatable bonds is 1. The van der Waals surface area contributed by atoms with Crippen LogP contribution in [0, 0.1) is 0 Å². The van der Waals surface area contributed by atoms with Crippen molar-refractivity contribution in [1.82, 2.24) is 9.97 Å². The van der Waals surface area contributed by atoms with Gasteiger partial charge in [-0.15, -0.1) is 0 Å². The van der Waals surface area contributed by atoms with Gasteiger partial charge in [0.25, 0.3) is 0 Å². The number of fused-ring (bicyclic) bond motifs is 1. The fraction of sp³-hybridized carbons (Fsp3) is 0.100. The minimum Gasteiger partial charge on any atom is -0.293 e. The molecule has 2 rings (SSSR count). The molecule has 13 heavy (non-hydrogen) atoms. The Morgan fingerprint density at radius 1 is 1.38 bits per heavy atom. The number of Topliss-reactive ketones (excluding diaryl/α,β-unsaturated/α-hetero) is 1. The van der Waals surface area contributed by atoms with Crippen molar-refractivity contribution < 1.29 is 4.79 Å². The maximum atomic E-state index is 11.0. The summed E-state index contributed by atoms with van der Waals surface area (Å²) in [5, 5.41) is 0.951. The Hall–Kier alpha value is -1.77. The smallest absolute Gasteiger partial charge is 0.178 e. The highest BCUT2D eigenvalue weighted by Crippen LogP contribution is 2.10. The molecule has 0 saturated carbocycles. The van der Waals surface area contributed by atoms with E-state index in [1.54, 1.807) is 18.5 Å². The summed E-state index contributed by atoms with van der Waals surface area (Å²) in [6, 6.07) is 5.47. The van der Waals surface area contributed by atoms with E-state index >= 15 is 0 Å². The number of ketones is 1. The molecular weight excluding hydrogens is 164 g/mol. The zero-order valence-corrected chi connectivity index (χ0v) is 7.19. The van der Waals surface area contributed by atoms with Gasteiger partial charge >= 0.3 is 0 Å². The van der Waals surface area contributed by atoms with Gasteiger partial charge in [-0.25, -0.2) is 0 Å². The Balaban J connectivity index is 2.69. The molecule has 3 heteroatoms. The largest absolute Gasteiger partial charge is 0.293 e. The first-order chi connectivity index (χ1) is 6.27. The molecule has 0 radical (unpaired) electrons. The predicted molar refractivity (Wildman–Crippen MR) is 49.5 cm³/mol. The fourth-order valence-corrected chi connectivity index (χ4v) is 1.16. The fourth-order valence-electron chi connectivity index (χ4n) is 1.16. The summed E-state index contributed by atoms with van der Waals surface area (Å²) in [7, 11) is 0. The van der Waals surface area contributed by atoms with E-state index in [1.807, 2.05) is 12.1 Å². The van der Waals surface area contributed by atoms with E-state index in [2.05, 4.69) is 9.97 Å². The lowest BCUT2D eigenvalue weighted by molar-refractivity contribution is 0.101. The molecule has 0 aliphatic heterocycles. The van der Waals surface area contributed by atoms with E-state index in [9.17, 15) is 4.79 Å². The second-order valence-electron chi connectivity index (χ2n) is 2.82. The van der Waals surface area contributed by atoms with Gasteiger partial charge in [0.15, 0.2) is 5.78 Å². The summed E-state index contributed by atoms with van der Waals surface area (Å²) in [5.74, 6) is -0.0347. The zero-order valence-electron chi connectivity index (χ0n) is 7.19. The van der Waals surface area contributed by atoms with Crippen LogP contribution in [-0.2, 0) is 0 Å². The number of nitrogens with zero attached hydrogens (tertiary/aromatic N) is 2. The monoisotopic (exact) mass is 172 g/mol. The van der Waals surface area contributed by atoms with Crippen molar-refractivity contribution in [3.63, 3.8) is 0 Å². The average Bonchev–Trinajstić information content (AvgIpc) is 2.17. The normalized spacial score (nSPS) is 10.2. The zero-order chi connectivity index (χ0) is 9.26. The number of carbonyl (C=O) groups excluding carboxylic acids is 1. The molecule has 0 aliphatic rings. The molecule has 2 aromatic rings. The second kappa shape index (κ2) is 2.94. The number of hydrogen-bond donors (Lipinski definition) is 0. The van der Waals surface area contributed by atoms with Gasteiger partial charge in [0.1, 0.15) is 5.69 Å². The molecule has 0 N–H and O–H groups in total. The topological polar surface area (TPSA) is 42.9 Å². The molecule has 0 fully saturated rings. The van der Waals surface area contributed by atoms with Gasteiger partial charge in [-0.1, -0.05) is 0 Å². The highest BCUT2D eigenvalue weighted by Gasteiger charge is 2.01. The highest BCUT2D eigenvalue weighted by molar-refractivity contribution is 5.95. The van der Waals surface area contributed by atoms with E-state index in [4.69, 9.17) is 0 Å². The first-order valence-corrected chi connectivity index (χ1v) is 3.99. The first-order valence-electron chi connectivity index (χ1n) is 3.99. The Bertz CT molecular complexity index is 465. The van der Waals surface area contributed by atoms with Gasteiger partial charge in [0.05, 0.1) is 5.52 Å². The minimum atomic E-state index is -0.0347. The Morgan fingerprint density at radius 3 is 3.00 bits per heavy atom. The van der Waals surface area contributed by atoms with Crippen LogP contribution in [0.15, 0.2) is 30.6 Å². The molecule has 0 atom stereocenters. The van der Waals surface area contributed by atoms with Crippen LogP contribution in [-0.4, -0.2) is 15.8 Å². The quantitative estimate of drug-likeness (QED) is 0.616. The maximum absolute atomic E-state index is 11.0. The van der Waals surface area contributed by atoms with Crippen LogP contribution in [0.2, 0.25) is 0 Å². The van der Waals surface area contributed by atoms with Gasteiger partial charge in [0.2, 0.25) is 0 Å². The van der Waals surface area contributed by atoms with Crippen LogP contribution >= 0.6 is 0 Å². The van der Waals surface area contributed by atoms with Crippen molar-refractivity contribution in [2.45, 2.75) is 6.92 Å². The molecule has 0 aromatic carbocycles. The van der Waals surface area contributed by atoms with Crippen LogP contribution < -0.4 is 0 Å². The Labute approximate surface area is 75.4 Å². The van der Waals surface area contributed by atoms with E-state index in [1.165, 1.54) is 6.92 Å². The van der Waals surface area contributed by atoms with Crippen LogP contribution in [0.5, 0.6) is 0 Å². The maximum Gasteiger partial charge on any atom is 0.178 e. The molecule has 0 unspecified atom stereocenters. The lowest BCUT2D eigenvalue weighted by Crippen LogP contribution is -1.96. The van der Waals surface area contributed by atoms with Gasteiger partial charge in [0, 0.05) is 24.7 Å². The van der Waals surface area contributed by atoms with Gasteiger partial charge in [-0.2, -0.15) is 0 Å². The van der Waals surface area contributed by atoms with Gasteiger partial charge < -0.3 is 0 Å². The molecule has 0 amide bonds. The SMILES string of the molecule is CC(=O)c1cc2ncccc2cn1. The number of pyridine rings is 2.